The second-order valence-corrected chi connectivity index (χ2v) is 9.80. The fraction of sp³-hybridized carbons (Fsp3) is 0.138. The molecule has 38 heavy (non-hydrogen) atoms. The van der Waals surface area contributed by atoms with Crippen molar-refractivity contribution in [1.82, 2.24) is 14.5 Å². The van der Waals surface area contributed by atoms with Crippen LogP contribution in [0.25, 0.3) is 22.0 Å². The van der Waals surface area contributed by atoms with E-state index in [4.69, 9.17) is 27.9 Å². The molecule has 9 heteroatoms. The molecule has 0 spiro atoms. The number of pyridine rings is 1. The highest BCUT2D eigenvalue weighted by atomic mass is 35.5. The molecule has 0 aliphatic heterocycles. The number of nitrogens with one attached hydrogen (secondary N) is 1. The molecular weight excluding hydrogens is 523 g/mol. The van der Waals surface area contributed by atoms with Gasteiger partial charge in [-0.05, 0) is 58.7 Å². The minimum atomic E-state index is -1.65. The number of imidazole rings is 1. The fourth-order valence-corrected chi connectivity index (χ4v) is 4.97. The molecule has 1 amide bonds. The van der Waals surface area contributed by atoms with E-state index in [1.807, 2.05) is 31.3 Å². The number of benzene rings is 3. The third-order valence-electron chi connectivity index (χ3n) is 6.41. The average molecular weight is 547 g/mol. The zero-order chi connectivity index (χ0) is 27.0. The number of hydrogen-bond acceptors (Lipinski definition) is 5. The lowest BCUT2D eigenvalue weighted by molar-refractivity contribution is -0.114. The molecule has 0 saturated carbocycles. The first-order valence-corrected chi connectivity index (χ1v) is 12.5. The van der Waals surface area contributed by atoms with Crippen LogP contribution in [0, 0.1) is 0 Å². The third-order valence-corrected chi connectivity index (χ3v) is 6.90. The van der Waals surface area contributed by atoms with E-state index in [0.717, 1.165) is 11.1 Å². The summed E-state index contributed by atoms with van der Waals surface area (Å²) in [5, 5.41) is 17.2. The second-order valence-electron chi connectivity index (χ2n) is 8.93. The standard InChI is InChI=1S/C29H24Cl2N4O3/c1-17(36)33-25-13-20(29(37,26-15-32-16-35(26)2)19-7-9-21(30)10-8-19)12-24-23(14-27(38-3)34-28(24)25)18-5-4-6-22(31)11-18/h4-16,37H,1-3H3,(H,33,36). The monoisotopic (exact) mass is 546 g/mol. The molecule has 192 valence electrons. The number of fused-ring (bicyclic) bond motifs is 1. The van der Waals surface area contributed by atoms with E-state index in [1.54, 1.807) is 59.6 Å². The van der Waals surface area contributed by atoms with Crippen LogP contribution in [0.1, 0.15) is 23.7 Å². The normalized spacial score (nSPS) is 12.8. The molecule has 2 aromatic heterocycles. The number of rotatable bonds is 6. The molecule has 0 saturated heterocycles. The van der Waals surface area contributed by atoms with Crippen LogP contribution >= 0.6 is 23.2 Å². The summed E-state index contributed by atoms with van der Waals surface area (Å²) in [6.07, 6.45) is 3.23. The van der Waals surface area contributed by atoms with E-state index in [1.165, 1.54) is 14.0 Å². The third kappa shape index (κ3) is 4.60. The number of nitrogens with zero attached hydrogens (tertiary/aromatic N) is 3. The molecule has 0 aliphatic rings. The zero-order valence-electron chi connectivity index (χ0n) is 20.9. The summed E-state index contributed by atoms with van der Waals surface area (Å²) in [7, 11) is 3.34. The van der Waals surface area contributed by atoms with Gasteiger partial charge in [-0.25, -0.2) is 9.97 Å². The quantitative estimate of drug-likeness (QED) is 0.265. The number of carbonyl (C=O) groups excluding carboxylic acids is 1. The smallest absolute Gasteiger partial charge is 0.221 e. The minimum Gasteiger partial charge on any atom is -0.481 e. The number of methoxy groups -OCH3 is 1. The fourth-order valence-electron chi connectivity index (χ4n) is 4.66. The number of carbonyl (C=O) groups is 1. The van der Waals surface area contributed by atoms with Gasteiger partial charge in [-0.1, -0.05) is 47.5 Å². The molecule has 0 aliphatic carbocycles. The number of aromatic nitrogens is 3. The number of ether oxygens (including phenoxy) is 1. The van der Waals surface area contributed by atoms with Gasteiger partial charge in [0, 0.05) is 35.5 Å². The summed E-state index contributed by atoms with van der Waals surface area (Å²) in [6, 6.07) is 19.8. The van der Waals surface area contributed by atoms with Crippen LogP contribution in [-0.4, -0.2) is 32.7 Å². The predicted molar refractivity (Wildman–Crippen MR) is 150 cm³/mol. The van der Waals surface area contributed by atoms with E-state index in [0.29, 0.717) is 49.3 Å². The first-order chi connectivity index (χ1) is 18.2. The molecule has 0 fully saturated rings. The van der Waals surface area contributed by atoms with E-state index >= 15 is 0 Å². The molecule has 7 nitrogen and oxygen atoms in total. The molecule has 1 unspecified atom stereocenters. The minimum absolute atomic E-state index is 0.284. The Kier molecular flexibility index (Phi) is 6.84. The van der Waals surface area contributed by atoms with Crippen molar-refractivity contribution in [2.45, 2.75) is 12.5 Å². The summed E-state index contributed by atoms with van der Waals surface area (Å²) < 4.78 is 7.25. The van der Waals surface area contributed by atoms with Crippen LogP contribution in [0.3, 0.4) is 0 Å². The molecule has 5 rings (SSSR count). The van der Waals surface area contributed by atoms with Gasteiger partial charge in [0.2, 0.25) is 11.8 Å². The van der Waals surface area contributed by atoms with Gasteiger partial charge in [0.1, 0.15) is 0 Å². The summed E-state index contributed by atoms with van der Waals surface area (Å²) in [5.41, 5.74) is 2.46. The van der Waals surface area contributed by atoms with Crippen molar-refractivity contribution >= 4 is 45.7 Å². The first kappa shape index (κ1) is 25.7. The Bertz CT molecular complexity index is 1670. The van der Waals surface area contributed by atoms with Crippen molar-refractivity contribution in [3.05, 3.63) is 106 Å². The molecule has 3 aromatic carbocycles. The van der Waals surface area contributed by atoms with Crippen molar-refractivity contribution in [3.63, 3.8) is 0 Å². The van der Waals surface area contributed by atoms with Crippen LogP contribution in [0.4, 0.5) is 5.69 Å². The molecule has 2 heterocycles. The van der Waals surface area contributed by atoms with Crippen LogP contribution in [0.15, 0.2) is 79.3 Å². The summed E-state index contributed by atoms with van der Waals surface area (Å²) in [4.78, 5) is 21.2. The average Bonchev–Trinajstić information content (AvgIpc) is 3.34. The van der Waals surface area contributed by atoms with E-state index in [9.17, 15) is 9.90 Å². The lowest BCUT2D eigenvalue weighted by Gasteiger charge is -2.31. The summed E-state index contributed by atoms with van der Waals surface area (Å²) >= 11 is 12.5. The van der Waals surface area contributed by atoms with Gasteiger partial charge >= 0.3 is 0 Å². The molecule has 1 atom stereocenters. The molecule has 2 N–H and O–H groups in total. The number of hydrogen-bond donors (Lipinski definition) is 2. The van der Waals surface area contributed by atoms with Gasteiger partial charge < -0.3 is 19.7 Å². The first-order valence-electron chi connectivity index (χ1n) is 11.7. The van der Waals surface area contributed by atoms with Gasteiger partial charge in [0.15, 0.2) is 5.60 Å². The summed E-state index contributed by atoms with van der Waals surface area (Å²) in [6.45, 7) is 1.42. The zero-order valence-corrected chi connectivity index (χ0v) is 22.4. The van der Waals surface area contributed by atoms with E-state index in [2.05, 4.69) is 15.3 Å². The van der Waals surface area contributed by atoms with Crippen molar-refractivity contribution in [2.75, 3.05) is 12.4 Å². The highest BCUT2D eigenvalue weighted by Gasteiger charge is 2.37. The highest BCUT2D eigenvalue weighted by Crippen LogP contribution is 2.43. The Morgan fingerprint density at radius 2 is 1.79 bits per heavy atom. The second kappa shape index (κ2) is 10.1. The van der Waals surface area contributed by atoms with Gasteiger partial charge in [-0.3, -0.25) is 4.79 Å². The highest BCUT2D eigenvalue weighted by molar-refractivity contribution is 6.31. The lowest BCUT2D eigenvalue weighted by atomic mass is 9.82. The van der Waals surface area contributed by atoms with Crippen LogP contribution in [0.2, 0.25) is 10.0 Å². The Morgan fingerprint density at radius 1 is 1.03 bits per heavy atom. The maximum atomic E-state index is 12.5. The van der Waals surface area contributed by atoms with Gasteiger partial charge in [-0.15, -0.1) is 0 Å². The Morgan fingerprint density at radius 3 is 2.42 bits per heavy atom. The van der Waals surface area contributed by atoms with Crippen molar-refractivity contribution < 1.29 is 14.6 Å². The molecule has 0 radical (unpaired) electrons. The molecule has 5 aromatic rings. The number of amides is 1. The van der Waals surface area contributed by atoms with Crippen LogP contribution in [0.5, 0.6) is 5.88 Å². The number of anilines is 1. The number of halogens is 2. The van der Waals surface area contributed by atoms with Crippen molar-refractivity contribution in [3.8, 4) is 17.0 Å². The number of aryl methyl sites for hydroxylation is 1. The van der Waals surface area contributed by atoms with E-state index in [-0.39, 0.29) is 5.91 Å². The van der Waals surface area contributed by atoms with Gasteiger partial charge in [0.25, 0.3) is 0 Å². The maximum absolute atomic E-state index is 12.5. The van der Waals surface area contributed by atoms with Crippen LogP contribution < -0.4 is 10.1 Å². The topological polar surface area (TPSA) is 89.3 Å². The van der Waals surface area contributed by atoms with Gasteiger partial charge in [0.05, 0.1) is 36.5 Å². The Balaban J connectivity index is 1.90. The maximum Gasteiger partial charge on any atom is 0.221 e. The number of aliphatic hydroxyl groups is 1. The Hall–Kier alpha value is -3.91. The SMILES string of the molecule is COc1cc(-c2cccc(Cl)c2)c2cc(C(O)(c3ccc(Cl)cc3)c3cncn3C)cc(NC(C)=O)c2n1. The lowest BCUT2D eigenvalue weighted by Crippen LogP contribution is -2.31. The summed E-state index contributed by atoms with van der Waals surface area (Å²) in [5.74, 6) is 0.0827. The predicted octanol–water partition coefficient (Wildman–Crippen LogP) is 6.19. The van der Waals surface area contributed by atoms with Gasteiger partial charge in [-0.2, -0.15) is 0 Å². The molecule has 0 bridgehead atoms. The van der Waals surface area contributed by atoms with Crippen molar-refractivity contribution in [2.24, 2.45) is 7.05 Å². The molecular formula is C29H24Cl2N4O3. The van der Waals surface area contributed by atoms with Crippen molar-refractivity contribution in [1.29, 1.82) is 0 Å². The van der Waals surface area contributed by atoms with E-state index < -0.39 is 5.60 Å². The Labute approximate surface area is 229 Å². The van der Waals surface area contributed by atoms with Crippen LogP contribution in [-0.2, 0) is 17.4 Å². The largest absolute Gasteiger partial charge is 0.481 e.